The Morgan fingerprint density at radius 1 is 1.53 bits per heavy atom. The molecule has 1 aromatic carbocycles. The van der Waals surface area contributed by atoms with E-state index in [4.69, 9.17) is 9.84 Å². The maximum atomic E-state index is 10.6. The molecular weight excluding hydrogens is 246 g/mol. The van der Waals surface area contributed by atoms with Gasteiger partial charge < -0.3 is 14.9 Å². The van der Waals surface area contributed by atoms with Crippen molar-refractivity contribution >= 4 is 5.97 Å². The third kappa shape index (κ3) is 2.98. The van der Waals surface area contributed by atoms with Crippen molar-refractivity contribution in [3.8, 4) is 11.5 Å². The Morgan fingerprint density at radius 3 is 2.79 bits per heavy atom. The number of aliphatic carboxylic acids is 1. The summed E-state index contributed by atoms with van der Waals surface area (Å²) in [6, 6.07) is 5.22. The fraction of sp³-hybridized carbons (Fsp3) is 0.500. The number of carboxylic acid groups (broad SMARTS) is 1. The Morgan fingerprint density at radius 2 is 2.21 bits per heavy atom. The number of benzene rings is 1. The van der Waals surface area contributed by atoms with Crippen molar-refractivity contribution < 1.29 is 19.7 Å². The van der Waals surface area contributed by atoms with Crippen LogP contribution in [0.2, 0.25) is 0 Å². The second-order valence-electron chi connectivity index (χ2n) is 5.02. The fourth-order valence-corrected chi connectivity index (χ4v) is 2.49. The van der Waals surface area contributed by atoms with E-state index in [-0.39, 0.29) is 24.1 Å². The third-order valence-electron chi connectivity index (χ3n) is 3.68. The van der Waals surface area contributed by atoms with Gasteiger partial charge in [0.2, 0.25) is 0 Å². The minimum absolute atomic E-state index is 0.0557. The summed E-state index contributed by atoms with van der Waals surface area (Å²) in [6.07, 6.45) is 0.216. The number of carbonyl (C=O) groups is 1. The van der Waals surface area contributed by atoms with E-state index in [0.29, 0.717) is 5.75 Å². The molecule has 1 aromatic rings. The molecule has 0 aromatic heterocycles. The summed E-state index contributed by atoms with van der Waals surface area (Å²) in [4.78, 5) is 12.8. The molecule has 1 unspecified atom stereocenters. The number of carboxylic acids is 1. The van der Waals surface area contributed by atoms with Crippen molar-refractivity contribution in [2.75, 3.05) is 20.2 Å². The molecule has 19 heavy (non-hydrogen) atoms. The van der Waals surface area contributed by atoms with Gasteiger partial charge in [-0.25, -0.2) is 0 Å². The number of ether oxygens (including phenoxy) is 1. The lowest BCUT2D eigenvalue weighted by Crippen LogP contribution is -2.48. The average Bonchev–Trinajstić information content (AvgIpc) is 2.33. The van der Waals surface area contributed by atoms with Gasteiger partial charge >= 0.3 is 5.97 Å². The van der Waals surface area contributed by atoms with E-state index in [0.717, 1.165) is 18.7 Å². The Hall–Kier alpha value is -1.75. The number of rotatable bonds is 5. The second kappa shape index (κ2) is 5.48. The number of nitrogens with zero attached hydrogens (tertiary/aromatic N) is 1. The zero-order chi connectivity index (χ0) is 14.0. The molecule has 1 aliphatic rings. The van der Waals surface area contributed by atoms with E-state index in [9.17, 15) is 9.90 Å². The molecule has 5 heteroatoms. The highest BCUT2D eigenvalue weighted by Crippen LogP contribution is 2.35. The molecule has 1 heterocycles. The zero-order valence-corrected chi connectivity index (χ0v) is 11.2. The minimum atomic E-state index is -0.749. The van der Waals surface area contributed by atoms with Gasteiger partial charge in [-0.05, 0) is 31.0 Å². The quantitative estimate of drug-likeness (QED) is 0.850. The first-order chi connectivity index (χ1) is 9.01. The number of aromatic hydroxyl groups is 1. The lowest BCUT2D eigenvalue weighted by molar-refractivity contribution is -0.139. The van der Waals surface area contributed by atoms with E-state index in [2.05, 4.69) is 4.90 Å². The summed E-state index contributed by atoms with van der Waals surface area (Å²) in [5.41, 5.74) is 0.813. The summed E-state index contributed by atoms with van der Waals surface area (Å²) < 4.78 is 5.16. The van der Waals surface area contributed by atoms with Gasteiger partial charge in [0, 0.05) is 24.7 Å². The summed E-state index contributed by atoms with van der Waals surface area (Å²) in [6.45, 7) is 3.51. The monoisotopic (exact) mass is 265 g/mol. The molecule has 2 N–H and O–H groups in total. The molecule has 0 radical (unpaired) electrons. The van der Waals surface area contributed by atoms with Crippen molar-refractivity contribution in [2.45, 2.75) is 19.4 Å². The molecule has 0 amide bonds. The SMILES string of the molecule is COc1ccc(O)c(C(C)N2CC(CC(=O)O)C2)c1. The van der Waals surface area contributed by atoms with Crippen LogP contribution in [0, 0.1) is 5.92 Å². The maximum Gasteiger partial charge on any atom is 0.303 e. The summed E-state index contributed by atoms with van der Waals surface area (Å²) >= 11 is 0. The van der Waals surface area contributed by atoms with E-state index in [1.165, 1.54) is 0 Å². The summed E-state index contributed by atoms with van der Waals surface area (Å²) in [5, 5.41) is 18.6. The first kappa shape index (κ1) is 13.7. The molecule has 1 fully saturated rings. The first-order valence-corrected chi connectivity index (χ1v) is 6.34. The van der Waals surface area contributed by atoms with Crippen molar-refractivity contribution in [3.05, 3.63) is 23.8 Å². The molecule has 0 saturated carbocycles. The van der Waals surface area contributed by atoms with Gasteiger partial charge in [-0.2, -0.15) is 0 Å². The van der Waals surface area contributed by atoms with Crippen LogP contribution in [0.3, 0.4) is 0 Å². The normalized spacial score (nSPS) is 17.8. The Bertz CT molecular complexity index is 469. The van der Waals surface area contributed by atoms with E-state index >= 15 is 0 Å². The van der Waals surface area contributed by atoms with E-state index in [1.54, 1.807) is 19.2 Å². The van der Waals surface area contributed by atoms with Crippen LogP contribution >= 0.6 is 0 Å². The maximum absolute atomic E-state index is 10.6. The van der Waals surface area contributed by atoms with Gasteiger partial charge in [0.1, 0.15) is 11.5 Å². The van der Waals surface area contributed by atoms with Gasteiger partial charge in [-0.15, -0.1) is 0 Å². The number of methoxy groups -OCH3 is 1. The van der Waals surface area contributed by atoms with Crippen LogP contribution in [0.25, 0.3) is 0 Å². The first-order valence-electron chi connectivity index (χ1n) is 6.34. The number of phenols is 1. The van der Waals surface area contributed by atoms with Crippen LogP contribution in [-0.4, -0.2) is 41.3 Å². The Kier molecular flexibility index (Phi) is 3.95. The fourth-order valence-electron chi connectivity index (χ4n) is 2.49. The van der Waals surface area contributed by atoms with E-state index in [1.807, 2.05) is 13.0 Å². The predicted octanol–water partition coefficient (Wildman–Crippen LogP) is 1.87. The predicted molar refractivity (Wildman–Crippen MR) is 70.4 cm³/mol. The van der Waals surface area contributed by atoms with Crippen LogP contribution in [0.1, 0.15) is 24.9 Å². The average molecular weight is 265 g/mol. The lowest BCUT2D eigenvalue weighted by atomic mass is 9.92. The Labute approximate surface area is 112 Å². The molecular formula is C14H19NO4. The van der Waals surface area contributed by atoms with Crippen LogP contribution in [-0.2, 0) is 4.79 Å². The highest BCUT2D eigenvalue weighted by molar-refractivity contribution is 5.67. The van der Waals surface area contributed by atoms with Gasteiger partial charge in [0.15, 0.2) is 0 Å². The smallest absolute Gasteiger partial charge is 0.303 e. The molecule has 1 saturated heterocycles. The Balaban J connectivity index is 2.01. The van der Waals surface area contributed by atoms with Crippen molar-refractivity contribution in [2.24, 2.45) is 5.92 Å². The molecule has 5 nitrogen and oxygen atoms in total. The zero-order valence-electron chi connectivity index (χ0n) is 11.2. The van der Waals surface area contributed by atoms with E-state index < -0.39 is 5.97 Å². The van der Waals surface area contributed by atoms with Crippen LogP contribution in [0.5, 0.6) is 11.5 Å². The van der Waals surface area contributed by atoms with Crippen LogP contribution in [0.4, 0.5) is 0 Å². The van der Waals surface area contributed by atoms with Crippen LogP contribution < -0.4 is 4.74 Å². The summed E-state index contributed by atoms with van der Waals surface area (Å²) in [7, 11) is 1.59. The van der Waals surface area contributed by atoms with Crippen molar-refractivity contribution in [1.29, 1.82) is 0 Å². The molecule has 1 aliphatic heterocycles. The number of phenolic OH excluding ortho intramolecular Hbond substituents is 1. The molecule has 104 valence electrons. The van der Waals surface area contributed by atoms with Crippen LogP contribution in [0.15, 0.2) is 18.2 Å². The highest BCUT2D eigenvalue weighted by Gasteiger charge is 2.33. The molecule has 0 bridgehead atoms. The number of hydrogen-bond acceptors (Lipinski definition) is 4. The summed E-state index contributed by atoms with van der Waals surface area (Å²) in [5.74, 6) is 0.423. The largest absolute Gasteiger partial charge is 0.508 e. The number of hydrogen-bond donors (Lipinski definition) is 2. The molecule has 0 aliphatic carbocycles. The standard InChI is InChI=1S/C14H19NO4/c1-9(15-7-10(8-15)5-14(17)18)12-6-11(19-2)3-4-13(12)16/h3-4,6,9-10,16H,5,7-8H2,1-2H3,(H,17,18). The molecule has 2 rings (SSSR count). The molecule has 1 atom stereocenters. The second-order valence-corrected chi connectivity index (χ2v) is 5.02. The third-order valence-corrected chi connectivity index (χ3v) is 3.68. The lowest BCUT2D eigenvalue weighted by Gasteiger charge is -2.43. The van der Waals surface area contributed by atoms with Gasteiger partial charge in [0.05, 0.1) is 13.5 Å². The van der Waals surface area contributed by atoms with Gasteiger partial charge in [-0.1, -0.05) is 0 Å². The topological polar surface area (TPSA) is 70.0 Å². The van der Waals surface area contributed by atoms with Gasteiger partial charge in [0.25, 0.3) is 0 Å². The molecule has 0 spiro atoms. The number of likely N-dealkylation sites (tertiary alicyclic amines) is 1. The van der Waals surface area contributed by atoms with Gasteiger partial charge in [-0.3, -0.25) is 9.69 Å². The minimum Gasteiger partial charge on any atom is -0.508 e. The highest BCUT2D eigenvalue weighted by atomic mass is 16.5. The van der Waals surface area contributed by atoms with Crippen molar-refractivity contribution in [1.82, 2.24) is 4.90 Å². The van der Waals surface area contributed by atoms with Crippen molar-refractivity contribution in [3.63, 3.8) is 0 Å².